The Morgan fingerprint density at radius 2 is 1.81 bits per heavy atom. The van der Waals surface area contributed by atoms with Gasteiger partial charge in [-0.3, -0.25) is 0 Å². The second-order valence-electron chi connectivity index (χ2n) is 2.85. The highest BCUT2D eigenvalue weighted by Crippen LogP contribution is 2.22. The molecule has 0 spiro atoms. The van der Waals surface area contributed by atoms with Crippen molar-refractivity contribution < 1.29 is 17.9 Å². The molecule has 0 fully saturated rings. The van der Waals surface area contributed by atoms with Crippen LogP contribution in [0.2, 0.25) is 0 Å². The number of thiol groups is 1. The molecule has 1 aromatic carbocycles. The van der Waals surface area contributed by atoms with E-state index >= 15 is 0 Å². The van der Waals surface area contributed by atoms with Gasteiger partial charge in [0.25, 0.3) is 0 Å². The van der Waals surface area contributed by atoms with Crippen molar-refractivity contribution in [1.29, 1.82) is 0 Å². The topological polar surface area (TPSA) is 9.23 Å². The van der Waals surface area contributed by atoms with Crippen molar-refractivity contribution in [1.82, 2.24) is 0 Å². The molecule has 86 valence electrons. The lowest BCUT2D eigenvalue weighted by Crippen LogP contribution is -2.16. The van der Waals surface area contributed by atoms with Crippen LogP contribution in [-0.2, 0) is 0 Å². The molecule has 0 atom stereocenters. The van der Waals surface area contributed by atoms with Gasteiger partial charge in [0.1, 0.15) is 5.75 Å². The number of halogens is 3. The van der Waals surface area contributed by atoms with Crippen molar-refractivity contribution in [3.05, 3.63) is 29.8 Å². The molecule has 0 N–H and O–H groups in total. The fourth-order valence-electron chi connectivity index (χ4n) is 0.960. The molecule has 0 unspecified atom stereocenters. The predicted octanol–water partition coefficient (Wildman–Crippen LogP) is 3.26. The van der Waals surface area contributed by atoms with E-state index in [1.165, 1.54) is 24.3 Å². The van der Waals surface area contributed by atoms with Crippen molar-refractivity contribution in [3.63, 3.8) is 0 Å². The third-order valence-electron chi connectivity index (χ3n) is 1.56. The van der Waals surface area contributed by atoms with Gasteiger partial charge in [0.15, 0.2) is 0 Å². The van der Waals surface area contributed by atoms with Crippen LogP contribution >= 0.6 is 12.6 Å². The lowest BCUT2D eigenvalue weighted by atomic mass is 10.2. The molecule has 1 nitrogen and oxygen atoms in total. The van der Waals surface area contributed by atoms with E-state index in [0.717, 1.165) is 0 Å². The smallest absolute Gasteiger partial charge is 0.406 e. The molecule has 0 heterocycles. The standard InChI is InChI=1S/C11H9F3OS/c12-11(13,14)15-10-6-4-9(5-7-10)3-1-2-8-16/h4-7,16H,2,8H2. The highest BCUT2D eigenvalue weighted by Gasteiger charge is 2.30. The van der Waals surface area contributed by atoms with Crippen LogP contribution in [0, 0.1) is 11.8 Å². The summed E-state index contributed by atoms with van der Waals surface area (Å²) < 4.78 is 39.2. The molecule has 1 rings (SSSR count). The summed E-state index contributed by atoms with van der Waals surface area (Å²) in [6.45, 7) is 0. The van der Waals surface area contributed by atoms with Crippen molar-refractivity contribution in [2.45, 2.75) is 12.8 Å². The van der Waals surface area contributed by atoms with Crippen LogP contribution in [0.15, 0.2) is 24.3 Å². The summed E-state index contributed by atoms with van der Waals surface area (Å²) in [7, 11) is 0. The first-order chi connectivity index (χ1) is 7.51. The van der Waals surface area contributed by atoms with E-state index in [-0.39, 0.29) is 5.75 Å². The molecule has 5 heteroatoms. The first-order valence-corrected chi connectivity index (χ1v) is 5.10. The van der Waals surface area contributed by atoms with Gasteiger partial charge >= 0.3 is 6.36 Å². The van der Waals surface area contributed by atoms with Gasteiger partial charge in [0, 0.05) is 17.7 Å². The molecule has 0 aliphatic carbocycles. The minimum Gasteiger partial charge on any atom is -0.406 e. The molecule has 0 radical (unpaired) electrons. The Balaban J connectivity index is 2.66. The van der Waals surface area contributed by atoms with Crippen LogP contribution in [-0.4, -0.2) is 12.1 Å². The summed E-state index contributed by atoms with van der Waals surface area (Å²) in [6, 6.07) is 5.43. The van der Waals surface area contributed by atoms with Crippen LogP contribution in [0.5, 0.6) is 5.75 Å². The first-order valence-electron chi connectivity index (χ1n) is 4.47. The molecule has 0 aromatic heterocycles. The Hall–Kier alpha value is -1.28. The molecule has 0 saturated heterocycles. The van der Waals surface area contributed by atoms with Gasteiger partial charge in [-0.15, -0.1) is 13.2 Å². The maximum atomic E-state index is 11.8. The Morgan fingerprint density at radius 3 is 2.31 bits per heavy atom. The molecular formula is C11H9F3OS. The number of alkyl halides is 3. The maximum Gasteiger partial charge on any atom is 0.573 e. The van der Waals surface area contributed by atoms with Crippen LogP contribution in [0.25, 0.3) is 0 Å². The van der Waals surface area contributed by atoms with Gasteiger partial charge < -0.3 is 4.74 Å². The minimum atomic E-state index is -4.65. The molecule has 0 aliphatic heterocycles. The molecular weight excluding hydrogens is 237 g/mol. The van der Waals surface area contributed by atoms with Gasteiger partial charge in [-0.05, 0) is 24.3 Å². The molecule has 0 amide bonds. The zero-order valence-electron chi connectivity index (χ0n) is 8.21. The third-order valence-corrected chi connectivity index (χ3v) is 1.78. The quantitative estimate of drug-likeness (QED) is 0.622. The van der Waals surface area contributed by atoms with E-state index in [9.17, 15) is 13.2 Å². The zero-order valence-corrected chi connectivity index (χ0v) is 9.11. The van der Waals surface area contributed by atoms with E-state index in [0.29, 0.717) is 17.7 Å². The van der Waals surface area contributed by atoms with E-state index in [2.05, 4.69) is 29.2 Å². The van der Waals surface area contributed by atoms with E-state index in [1.54, 1.807) is 0 Å². The molecule has 0 bridgehead atoms. The summed E-state index contributed by atoms with van der Waals surface area (Å²) in [6.07, 6.45) is -4.01. The third kappa shape index (κ3) is 4.99. The SMILES string of the molecule is FC(F)(F)Oc1ccc(C#CCCS)cc1. The zero-order chi connectivity index (χ0) is 12.0. The average Bonchev–Trinajstić information content (AvgIpc) is 2.19. The second-order valence-corrected chi connectivity index (χ2v) is 3.29. The number of hydrogen-bond donors (Lipinski definition) is 1. The van der Waals surface area contributed by atoms with E-state index in [4.69, 9.17) is 0 Å². The first kappa shape index (κ1) is 12.8. The van der Waals surface area contributed by atoms with E-state index < -0.39 is 6.36 Å². The molecule has 0 saturated carbocycles. The Bertz CT molecular complexity index is 386. The molecule has 0 aliphatic rings. The molecule has 16 heavy (non-hydrogen) atoms. The predicted molar refractivity (Wildman–Crippen MR) is 58.5 cm³/mol. The summed E-state index contributed by atoms with van der Waals surface area (Å²) in [5.41, 5.74) is 0.649. The van der Waals surface area contributed by atoms with Crippen LogP contribution in [0.3, 0.4) is 0 Å². The highest BCUT2D eigenvalue weighted by molar-refractivity contribution is 7.80. The fraction of sp³-hybridized carbons (Fsp3) is 0.273. The van der Waals surface area contributed by atoms with Gasteiger partial charge in [-0.1, -0.05) is 11.8 Å². The van der Waals surface area contributed by atoms with Gasteiger partial charge in [-0.25, -0.2) is 0 Å². The van der Waals surface area contributed by atoms with Crippen molar-refractivity contribution in [3.8, 4) is 17.6 Å². The van der Waals surface area contributed by atoms with Crippen molar-refractivity contribution >= 4 is 12.6 Å². The number of benzene rings is 1. The monoisotopic (exact) mass is 246 g/mol. The Morgan fingerprint density at radius 1 is 1.19 bits per heavy atom. The van der Waals surface area contributed by atoms with Crippen LogP contribution < -0.4 is 4.74 Å². The number of ether oxygens (including phenoxy) is 1. The highest BCUT2D eigenvalue weighted by atomic mass is 32.1. The van der Waals surface area contributed by atoms with Gasteiger partial charge in [0.2, 0.25) is 0 Å². The van der Waals surface area contributed by atoms with Gasteiger partial charge in [-0.2, -0.15) is 12.6 Å². The lowest BCUT2D eigenvalue weighted by Gasteiger charge is -2.07. The summed E-state index contributed by atoms with van der Waals surface area (Å²) in [5.74, 6) is 6.04. The van der Waals surface area contributed by atoms with Crippen LogP contribution in [0.4, 0.5) is 13.2 Å². The summed E-state index contributed by atoms with van der Waals surface area (Å²) >= 11 is 3.98. The Kier molecular flexibility index (Phi) is 4.56. The minimum absolute atomic E-state index is 0.243. The number of rotatable bonds is 2. The van der Waals surface area contributed by atoms with Crippen molar-refractivity contribution in [2.24, 2.45) is 0 Å². The van der Waals surface area contributed by atoms with E-state index in [1.807, 2.05) is 0 Å². The van der Waals surface area contributed by atoms with Crippen molar-refractivity contribution in [2.75, 3.05) is 5.75 Å². The average molecular weight is 246 g/mol. The summed E-state index contributed by atoms with van der Waals surface area (Å²) in [4.78, 5) is 0. The largest absolute Gasteiger partial charge is 0.573 e. The van der Waals surface area contributed by atoms with Gasteiger partial charge in [0.05, 0.1) is 0 Å². The second kappa shape index (κ2) is 5.71. The lowest BCUT2D eigenvalue weighted by molar-refractivity contribution is -0.274. The normalized spacial score (nSPS) is 10.5. The number of hydrogen-bond acceptors (Lipinski definition) is 2. The Labute approximate surface area is 97.0 Å². The van der Waals surface area contributed by atoms with Crippen LogP contribution in [0.1, 0.15) is 12.0 Å². The molecule has 1 aromatic rings. The maximum absolute atomic E-state index is 11.8. The fourth-order valence-corrected chi connectivity index (χ4v) is 1.07. The summed E-state index contributed by atoms with van der Waals surface area (Å²) in [5, 5.41) is 0.